The third-order valence-electron chi connectivity index (χ3n) is 3.43. The van der Waals surface area contributed by atoms with Crippen LogP contribution < -0.4 is 4.74 Å². The summed E-state index contributed by atoms with van der Waals surface area (Å²) < 4.78 is 8.86. The third-order valence-corrected chi connectivity index (χ3v) is 3.95. The Morgan fingerprint density at radius 1 is 1.44 bits per heavy atom. The number of benzene rings is 1. The molecule has 1 aliphatic rings. The minimum absolute atomic E-state index is 0.504. The maximum Gasteiger partial charge on any atom is 0.123 e. The highest BCUT2D eigenvalue weighted by atomic mass is 127. The molecular weight excluding hydrogens is 339 g/mol. The van der Waals surface area contributed by atoms with Crippen molar-refractivity contribution >= 4 is 22.6 Å². The van der Waals surface area contributed by atoms with Crippen molar-refractivity contribution < 1.29 is 4.74 Å². The first-order valence-electron chi connectivity index (χ1n) is 6.16. The second kappa shape index (κ2) is 4.91. The van der Waals surface area contributed by atoms with Gasteiger partial charge in [-0.25, -0.2) is 0 Å². The number of aromatic nitrogens is 2. The Kier molecular flexibility index (Phi) is 3.28. The van der Waals surface area contributed by atoms with Crippen LogP contribution in [0.2, 0.25) is 0 Å². The van der Waals surface area contributed by atoms with Gasteiger partial charge in [0.15, 0.2) is 0 Å². The van der Waals surface area contributed by atoms with Gasteiger partial charge in [0.05, 0.1) is 6.61 Å². The summed E-state index contributed by atoms with van der Waals surface area (Å²) in [5, 5.41) is 4.54. The Balaban J connectivity index is 1.88. The minimum Gasteiger partial charge on any atom is -0.493 e. The highest BCUT2D eigenvalue weighted by Gasteiger charge is 2.22. The average molecular weight is 354 g/mol. The Labute approximate surface area is 120 Å². The molecule has 2 heterocycles. The van der Waals surface area contributed by atoms with Crippen molar-refractivity contribution in [3.05, 3.63) is 45.3 Å². The Bertz CT molecular complexity index is 565. The lowest BCUT2D eigenvalue weighted by Crippen LogP contribution is -2.19. The van der Waals surface area contributed by atoms with Crippen LogP contribution in [0.1, 0.15) is 23.6 Å². The topological polar surface area (TPSA) is 27.1 Å². The summed E-state index contributed by atoms with van der Waals surface area (Å²) in [4.78, 5) is 0. The molecule has 0 N–H and O–H groups in total. The molecule has 0 saturated heterocycles. The zero-order valence-electron chi connectivity index (χ0n) is 10.3. The van der Waals surface area contributed by atoms with E-state index < -0.39 is 0 Å². The lowest BCUT2D eigenvalue weighted by Gasteiger charge is -2.26. The predicted molar refractivity (Wildman–Crippen MR) is 79.0 cm³/mol. The number of para-hydroxylation sites is 1. The molecule has 0 saturated carbocycles. The molecule has 1 aliphatic heterocycles. The fourth-order valence-corrected chi connectivity index (χ4v) is 3.18. The smallest absolute Gasteiger partial charge is 0.123 e. The van der Waals surface area contributed by atoms with Crippen molar-refractivity contribution in [2.24, 2.45) is 0 Å². The summed E-state index contributed by atoms with van der Waals surface area (Å²) in [7, 11) is 0. The first-order chi connectivity index (χ1) is 8.74. The van der Waals surface area contributed by atoms with Gasteiger partial charge in [0, 0.05) is 18.2 Å². The molecule has 1 aromatic heterocycles. The largest absolute Gasteiger partial charge is 0.493 e. The third kappa shape index (κ3) is 2.25. The molecule has 2 aromatic rings. The van der Waals surface area contributed by atoms with Gasteiger partial charge in [0.2, 0.25) is 0 Å². The molecule has 3 rings (SSSR count). The van der Waals surface area contributed by atoms with Crippen molar-refractivity contribution in [3.8, 4) is 5.75 Å². The van der Waals surface area contributed by atoms with Crippen LogP contribution in [0, 0.1) is 10.6 Å². The Hall–Kier alpha value is -1.04. The van der Waals surface area contributed by atoms with Crippen molar-refractivity contribution in [2.45, 2.75) is 25.8 Å². The Morgan fingerprint density at radius 2 is 2.28 bits per heavy atom. The summed E-state index contributed by atoms with van der Waals surface area (Å²) in [5.74, 6) is 1.54. The normalized spacial score (nSPS) is 18.2. The number of hydrogen-bond donors (Lipinski definition) is 0. The molecular formula is C14H15IN2O. The fraction of sp³-hybridized carbons (Fsp3) is 0.357. The minimum atomic E-state index is 0.504. The molecule has 4 heteroatoms. The maximum absolute atomic E-state index is 5.70. The van der Waals surface area contributed by atoms with Gasteiger partial charge in [0.1, 0.15) is 9.45 Å². The van der Waals surface area contributed by atoms with Gasteiger partial charge in [-0.3, -0.25) is 4.68 Å². The predicted octanol–water partition coefficient (Wildman–Crippen LogP) is 3.36. The standard InChI is InChI=1S/C14H15IN2O/c1-10-8-14(15)16-17(10)9-11-6-7-18-13-5-3-2-4-12(11)13/h2-5,8,11H,6-7,9H2,1H3. The fourth-order valence-electron chi connectivity index (χ4n) is 2.47. The number of aryl methyl sites for hydroxylation is 1. The quantitative estimate of drug-likeness (QED) is 0.774. The van der Waals surface area contributed by atoms with Crippen LogP contribution in [0.25, 0.3) is 0 Å². The van der Waals surface area contributed by atoms with Crippen molar-refractivity contribution in [1.82, 2.24) is 9.78 Å². The molecule has 0 amide bonds. The maximum atomic E-state index is 5.70. The monoisotopic (exact) mass is 354 g/mol. The molecule has 0 spiro atoms. The SMILES string of the molecule is Cc1cc(I)nn1CC1CCOc2ccccc21. The van der Waals surface area contributed by atoms with Gasteiger partial charge in [0.25, 0.3) is 0 Å². The van der Waals surface area contributed by atoms with Crippen LogP contribution in [-0.2, 0) is 6.54 Å². The van der Waals surface area contributed by atoms with Crippen LogP contribution in [0.15, 0.2) is 30.3 Å². The second-order valence-corrected chi connectivity index (χ2v) is 5.77. The molecule has 1 unspecified atom stereocenters. The number of halogens is 1. The molecule has 3 nitrogen and oxygen atoms in total. The average Bonchev–Trinajstić information content (AvgIpc) is 2.68. The van der Waals surface area contributed by atoms with Crippen molar-refractivity contribution in [3.63, 3.8) is 0 Å². The zero-order chi connectivity index (χ0) is 12.5. The van der Waals surface area contributed by atoms with E-state index in [1.165, 1.54) is 11.3 Å². The van der Waals surface area contributed by atoms with Gasteiger partial charge in [-0.1, -0.05) is 18.2 Å². The Morgan fingerprint density at radius 3 is 3.06 bits per heavy atom. The summed E-state index contributed by atoms with van der Waals surface area (Å²) in [6, 6.07) is 10.5. The molecule has 94 valence electrons. The van der Waals surface area contributed by atoms with E-state index in [1.807, 2.05) is 6.07 Å². The van der Waals surface area contributed by atoms with E-state index in [4.69, 9.17) is 4.74 Å². The van der Waals surface area contributed by atoms with E-state index in [0.29, 0.717) is 5.92 Å². The first-order valence-corrected chi connectivity index (χ1v) is 7.23. The van der Waals surface area contributed by atoms with Gasteiger partial charge < -0.3 is 4.74 Å². The van der Waals surface area contributed by atoms with Crippen LogP contribution in [0.3, 0.4) is 0 Å². The summed E-state index contributed by atoms with van der Waals surface area (Å²) in [6.07, 6.45) is 1.06. The molecule has 18 heavy (non-hydrogen) atoms. The van der Waals surface area contributed by atoms with E-state index in [9.17, 15) is 0 Å². The van der Waals surface area contributed by atoms with E-state index in [0.717, 1.165) is 29.0 Å². The lowest BCUT2D eigenvalue weighted by atomic mass is 9.93. The summed E-state index contributed by atoms with van der Waals surface area (Å²) >= 11 is 2.26. The van der Waals surface area contributed by atoms with Gasteiger partial charge >= 0.3 is 0 Å². The highest BCUT2D eigenvalue weighted by Crippen LogP contribution is 2.34. The number of rotatable bonds is 2. The first kappa shape index (κ1) is 12.0. The van der Waals surface area contributed by atoms with Crippen LogP contribution in [0.5, 0.6) is 5.75 Å². The number of ether oxygens (including phenoxy) is 1. The van der Waals surface area contributed by atoms with Crippen molar-refractivity contribution in [2.75, 3.05) is 6.61 Å². The van der Waals surface area contributed by atoms with Crippen molar-refractivity contribution in [1.29, 1.82) is 0 Å². The zero-order valence-corrected chi connectivity index (χ0v) is 12.4. The van der Waals surface area contributed by atoms with Crippen LogP contribution >= 0.6 is 22.6 Å². The highest BCUT2D eigenvalue weighted by molar-refractivity contribution is 14.1. The summed E-state index contributed by atoms with van der Waals surface area (Å²) in [5.41, 5.74) is 2.54. The second-order valence-electron chi connectivity index (χ2n) is 4.66. The van der Waals surface area contributed by atoms with Gasteiger partial charge in [-0.15, -0.1) is 0 Å². The van der Waals surface area contributed by atoms with E-state index in [1.54, 1.807) is 0 Å². The number of hydrogen-bond acceptors (Lipinski definition) is 2. The number of fused-ring (bicyclic) bond motifs is 1. The van der Waals surface area contributed by atoms with E-state index in [-0.39, 0.29) is 0 Å². The molecule has 1 aromatic carbocycles. The van der Waals surface area contributed by atoms with Crippen LogP contribution in [-0.4, -0.2) is 16.4 Å². The summed E-state index contributed by atoms with van der Waals surface area (Å²) in [6.45, 7) is 3.86. The van der Waals surface area contributed by atoms with Crippen LogP contribution in [0.4, 0.5) is 0 Å². The molecule has 1 atom stereocenters. The van der Waals surface area contributed by atoms with E-state index in [2.05, 4.69) is 63.6 Å². The molecule has 0 radical (unpaired) electrons. The molecule has 0 aliphatic carbocycles. The number of nitrogens with zero attached hydrogens (tertiary/aromatic N) is 2. The molecule has 0 bridgehead atoms. The molecule has 0 fully saturated rings. The lowest BCUT2D eigenvalue weighted by molar-refractivity contribution is 0.256. The van der Waals surface area contributed by atoms with Gasteiger partial charge in [-0.2, -0.15) is 5.10 Å². The van der Waals surface area contributed by atoms with E-state index >= 15 is 0 Å². The van der Waals surface area contributed by atoms with Gasteiger partial charge in [-0.05, 0) is 53.6 Å².